The van der Waals surface area contributed by atoms with Gasteiger partial charge in [-0.2, -0.15) is 0 Å². The van der Waals surface area contributed by atoms with Crippen molar-refractivity contribution in [2.75, 3.05) is 0 Å². The van der Waals surface area contributed by atoms with E-state index in [1.165, 1.54) is 135 Å². The fourth-order valence-corrected chi connectivity index (χ4v) is 5.87. The molecule has 1 fully saturated rings. The Morgan fingerprint density at radius 3 is 1.55 bits per heavy atom. The van der Waals surface area contributed by atoms with Gasteiger partial charge >= 0.3 is 0 Å². The summed E-state index contributed by atoms with van der Waals surface area (Å²) in [5, 5.41) is 4.10. The van der Waals surface area contributed by atoms with Crippen molar-refractivity contribution in [3.63, 3.8) is 0 Å². The molecule has 1 aliphatic rings. The second-order valence-electron chi connectivity index (χ2n) is 11.1. The number of rotatable bonds is 23. The molecule has 0 aromatic carbocycles. The smallest absolute Gasteiger partial charge is 0.111 e. The van der Waals surface area contributed by atoms with Gasteiger partial charge in [-0.25, -0.2) is 0 Å². The molecule has 0 radical (unpaired) electrons. The Morgan fingerprint density at radius 1 is 0.515 bits per heavy atom. The van der Waals surface area contributed by atoms with Crippen molar-refractivity contribution in [1.82, 2.24) is 5.32 Å². The first-order valence-corrected chi connectivity index (χ1v) is 15.6. The molecule has 198 valence electrons. The van der Waals surface area contributed by atoms with E-state index in [1.807, 2.05) is 0 Å². The maximum atomic E-state index is 7.06. The summed E-state index contributed by atoms with van der Waals surface area (Å²) in [5.41, 5.74) is 0. The Balaban J connectivity index is 2.86. The first-order valence-electron chi connectivity index (χ1n) is 15.6. The van der Waals surface area contributed by atoms with Crippen molar-refractivity contribution in [2.45, 2.75) is 188 Å². The highest BCUT2D eigenvalue weighted by atomic mass is 16.5. The largest absolute Gasteiger partial charge is 0.358 e. The zero-order valence-electron chi connectivity index (χ0n) is 23.6. The second kappa shape index (κ2) is 21.2. The van der Waals surface area contributed by atoms with Crippen molar-refractivity contribution < 1.29 is 4.74 Å². The predicted octanol–water partition coefficient (Wildman–Crippen LogP) is 10.2. The Labute approximate surface area is 209 Å². The van der Waals surface area contributed by atoms with Gasteiger partial charge < -0.3 is 4.74 Å². The lowest BCUT2D eigenvalue weighted by molar-refractivity contribution is -0.0334. The number of hydrogen-bond acceptors (Lipinski definition) is 2. The molecular weight excluding hydrogens is 402 g/mol. The van der Waals surface area contributed by atoms with E-state index >= 15 is 0 Å². The summed E-state index contributed by atoms with van der Waals surface area (Å²) in [6.07, 6.45) is 29.3. The third kappa shape index (κ3) is 13.6. The molecule has 0 spiro atoms. The van der Waals surface area contributed by atoms with Crippen LogP contribution in [0.15, 0.2) is 0 Å². The SMILES string of the molecule is CCCCCCC(CCCC)C1NC(CCCCC)C(C(CCCCC)CCCCCC)O1. The molecule has 0 aromatic rings. The Kier molecular flexibility index (Phi) is 19.9. The van der Waals surface area contributed by atoms with Crippen LogP contribution in [0.3, 0.4) is 0 Å². The van der Waals surface area contributed by atoms with E-state index in [4.69, 9.17) is 4.74 Å². The summed E-state index contributed by atoms with van der Waals surface area (Å²) in [7, 11) is 0. The van der Waals surface area contributed by atoms with Crippen molar-refractivity contribution in [1.29, 1.82) is 0 Å². The van der Waals surface area contributed by atoms with Crippen LogP contribution in [0.25, 0.3) is 0 Å². The van der Waals surface area contributed by atoms with E-state index in [1.54, 1.807) is 0 Å². The summed E-state index contributed by atoms with van der Waals surface area (Å²) < 4.78 is 7.06. The molecule has 0 aromatic heterocycles. The van der Waals surface area contributed by atoms with E-state index in [2.05, 4.69) is 39.9 Å². The van der Waals surface area contributed by atoms with Crippen LogP contribution in [0.2, 0.25) is 0 Å². The molecule has 33 heavy (non-hydrogen) atoms. The third-order valence-corrected chi connectivity index (χ3v) is 8.05. The Bertz CT molecular complexity index is 412. The van der Waals surface area contributed by atoms with Crippen LogP contribution >= 0.6 is 0 Å². The molecule has 2 nitrogen and oxygen atoms in total. The molecule has 2 heteroatoms. The fraction of sp³-hybridized carbons (Fsp3) is 1.00. The van der Waals surface area contributed by atoms with E-state index < -0.39 is 0 Å². The van der Waals surface area contributed by atoms with Crippen LogP contribution < -0.4 is 5.32 Å². The molecule has 0 saturated carbocycles. The fourth-order valence-electron chi connectivity index (χ4n) is 5.87. The van der Waals surface area contributed by atoms with Gasteiger partial charge in [0.25, 0.3) is 0 Å². The molecule has 1 rings (SSSR count). The van der Waals surface area contributed by atoms with Crippen LogP contribution in [0.4, 0.5) is 0 Å². The first-order chi connectivity index (χ1) is 16.2. The molecular formula is C31H63NO. The van der Waals surface area contributed by atoms with Crippen LogP contribution in [-0.4, -0.2) is 18.4 Å². The van der Waals surface area contributed by atoms with Crippen LogP contribution in [0.1, 0.15) is 169 Å². The van der Waals surface area contributed by atoms with Gasteiger partial charge in [-0.1, -0.05) is 137 Å². The van der Waals surface area contributed by atoms with Crippen molar-refractivity contribution in [3.8, 4) is 0 Å². The average Bonchev–Trinajstić information content (AvgIpc) is 3.24. The number of hydrogen-bond donors (Lipinski definition) is 1. The maximum absolute atomic E-state index is 7.06. The topological polar surface area (TPSA) is 21.3 Å². The molecule has 1 saturated heterocycles. The van der Waals surface area contributed by atoms with Gasteiger partial charge in [0.1, 0.15) is 6.23 Å². The Morgan fingerprint density at radius 2 is 0.970 bits per heavy atom. The lowest BCUT2D eigenvalue weighted by Gasteiger charge is -2.28. The predicted molar refractivity (Wildman–Crippen MR) is 148 cm³/mol. The maximum Gasteiger partial charge on any atom is 0.111 e. The molecule has 0 amide bonds. The summed E-state index contributed by atoms with van der Waals surface area (Å²) >= 11 is 0. The van der Waals surface area contributed by atoms with Gasteiger partial charge in [0.05, 0.1) is 6.10 Å². The molecule has 1 aliphatic heterocycles. The van der Waals surface area contributed by atoms with Gasteiger partial charge in [0, 0.05) is 6.04 Å². The minimum atomic E-state index is 0.305. The molecule has 1 heterocycles. The van der Waals surface area contributed by atoms with Crippen molar-refractivity contribution in [2.24, 2.45) is 11.8 Å². The Hall–Kier alpha value is -0.0800. The van der Waals surface area contributed by atoms with E-state index in [0.717, 1.165) is 5.92 Å². The highest BCUT2D eigenvalue weighted by Gasteiger charge is 2.41. The monoisotopic (exact) mass is 465 g/mol. The van der Waals surface area contributed by atoms with Crippen molar-refractivity contribution in [3.05, 3.63) is 0 Å². The van der Waals surface area contributed by atoms with E-state index in [0.29, 0.717) is 24.3 Å². The van der Waals surface area contributed by atoms with Crippen LogP contribution in [0, 0.1) is 11.8 Å². The van der Waals surface area contributed by atoms with Crippen LogP contribution in [-0.2, 0) is 4.74 Å². The van der Waals surface area contributed by atoms with E-state index in [-0.39, 0.29) is 0 Å². The average molecular weight is 466 g/mol. The molecule has 5 atom stereocenters. The summed E-state index contributed by atoms with van der Waals surface area (Å²) in [4.78, 5) is 0. The normalized spacial score (nSPS) is 22.6. The highest BCUT2D eigenvalue weighted by Crippen LogP contribution is 2.35. The standard InChI is InChI=1S/C31H63NO/c1-6-11-16-20-24-27(23-18-13-8-3)30-29(26-19-14-9-4)32-31(33-30)28(22-15-10-5)25-21-17-12-7-2/h27-32H,6-26H2,1-5H3. The molecule has 1 N–H and O–H groups in total. The zero-order valence-corrected chi connectivity index (χ0v) is 23.6. The molecule has 0 aliphatic carbocycles. The lowest BCUT2D eigenvalue weighted by Crippen LogP contribution is -2.38. The minimum Gasteiger partial charge on any atom is -0.358 e. The number of unbranched alkanes of at least 4 members (excludes halogenated alkanes) is 11. The zero-order chi connectivity index (χ0) is 24.2. The van der Waals surface area contributed by atoms with Gasteiger partial charge in [0.15, 0.2) is 0 Å². The van der Waals surface area contributed by atoms with Gasteiger partial charge in [-0.05, 0) is 43.9 Å². The van der Waals surface area contributed by atoms with Gasteiger partial charge in [0.2, 0.25) is 0 Å². The quantitative estimate of drug-likeness (QED) is 0.151. The first kappa shape index (κ1) is 31.0. The molecule has 0 bridgehead atoms. The minimum absolute atomic E-state index is 0.305. The summed E-state index contributed by atoms with van der Waals surface area (Å²) in [5.74, 6) is 1.46. The van der Waals surface area contributed by atoms with Gasteiger partial charge in [-0.3, -0.25) is 5.32 Å². The summed E-state index contributed by atoms with van der Waals surface area (Å²) in [6, 6.07) is 0.583. The lowest BCUT2D eigenvalue weighted by atomic mass is 9.85. The van der Waals surface area contributed by atoms with Crippen LogP contribution in [0.5, 0.6) is 0 Å². The number of ether oxygens (including phenoxy) is 1. The summed E-state index contributed by atoms with van der Waals surface area (Å²) in [6.45, 7) is 11.7. The highest BCUT2D eigenvalue weighted by molar-refractivity contribution is 4.92. The number of nitrogens with one attached hydrogen (secondary N) is 1. The van der Waals surface area contributed by atoms with E-state index in [9.17, 15) is 0 Å². The van der Waals surface area contributed by atoms with Crippen molar-refractivity contribution >= 4 is 0 Å². The van der Waals surface area contributed by atoms with Gasteiger partial charge in [-0.15, -0.1) is 0 Å². The molecule has 5 unspecified atom stereocenters. The second-order valence-corrected chi connectivity index (χ2v) is 11.1. The third-order valence-electron chi connectivity index (χ3n) is 8.05.